The fourth-order valence-corrected chi connectivity index (χ4v) is 4.67. The Labute approximate surface area is 171 Å². The van der Waals surface area contributed by atoms with E-state index in [2.05, 4.69) is 20.7 Å². The molecule has 0 unspecified atom stereocenters. The number of nitrogens with zero attached hydrogens (tertiary/aromatic N) is 4. The summed E-state index contributed by atoms with van der Waals surface area (Å²) in [7, 11) is 0. The van der Waals surface area contributed by atoms with Crippen molar-refractivity contribution in [2.45, 2.75) is 39.2 Å². The maximum atomic E-state index is 12.6. The zero-order chi connectivity index (χ0) is 20.2. The lowest BCUT2D eigenvalue weighted by atomic mass is 9.95. The average Bonchev–Trinajstić information content (AvgIpc) is 3.33. The van der Waals surface area contributed by atoms with Crippen molar-refractivity contribution in [3.63, 3.8) is 0 Å². The predicted octanol–water partition coefficient (Wildman–Crippen LogP) is 3.10. The fraction of sp³-hybridized carbons (Fsp3) is 0.350. The van der Waals surface area contributed by atoms with Crippen LogP contribution in [0.2, 0.25) is 0 Å². The first kappa shape index (κ1) is 19.3. The van der Waals surface area contributed by atoms with E-state index in [1.165, 1.54) is 16.1 Å². The van der Waals surface area contributed by atoms with E-state index < -0.39 is 0 Å². The van der Waals surface area contributed by atoms with Crippen LogP contribution in [0, 0.1) is 0 Å². The maximum absolute atomic E-state index is 12.6. The Hall–Kier alpha value is -3.07. The topological polar surface area (TPSA) is 99.0 Å². The molecule has 2 heterocycles. The molecule has 0 spiro atoms. The summed E-state index contributed by atoms with van der Waals surface area (Å²) in [6.07, 6.45) is 3.89. The van der Waals surface area contributed by atoms with Crippen molar-refractivity contribution in [2.24, 2.45) is 0 Å². The number of fused-ring (bicyclic) bond motifs is 1. The van der Waals surface area contributed by atoms with Crippen LogP contribution in [0.25, 0.3) is 11.4 Å². The zero-order valence-corrected chi connectivity index (χ0v) is 16.9. The second kappa shape index (κ2) is 8.52. The van der Waals surface area contributed by atoms with Gasteiger partial charge in [0.1, 0.15) is 11.5 Å². The highest BCUT2D eigenvalue weighted by atomic mass is 32.1. The van der Waals surface area contributed by atoms with Gasteiger partial charge < -0.3 is 10.1 Å². The minimum absolute atomic E-state index is 0.0926. The van der Waals surface area contributed by atoms with Crippen molar-refractivity contribution >= 4 is 28.2 Å². The third-order valence-electron chi connectivity index (χ3n) is 4.67. The van der Waals surface area contributed by atoms with Gasteiger partial charge in [0.25, 0.3) is 0 Å². The number of carbonyl (C=O) groups is 2. The van der Waals surface area contributed by atoms with E-state index in [1.54, 1.807) is 6.92 Å². The molecule has 0 radical (unpaired) electrons. The number of hydrogen-bond donors (Lipinski definition) is 1. The molecule has 29 heavy (non-hydrogen) atoms. The number of nitrogens with one attached hydrogen (secondary N) is 1. The van der Waals surface area contributed by atoms with E-state index in [1.807, 2.05) is 30.3 Å². The van der Waals surface area contributed by atoms with Gasteiger partial charge in [0.05, 0.1) is 12.2 Å². The minimum Gasteiger partial charge on any atom is -0.462 e. The van der Waals surface area contributed by atoms with E-state index in [0.29, 0.717) is 23.0 Å². The summed E-state index contributed by atoms with van der Waals surface area (Å²) in [5.74, 6) is -0.240. The van der Waals surface area contributed by atoms with Gasteiger partial charge in [-0.2, -0.15) is 4.80 Å². The van der Waals surface area contributed by atoms with Gasteiger partial charge in [0.2, 0.25) is 11.7 Å². The molecule has 0 saturated heterocycles. The monoisotopic (exact) mass is 411 g/mol. The van der Waals surface area contributed by atoms with Gasteiger partial charge in [-0.3, -0.25) is 4.79 Å². The van der Waals surface area contributed by atoms with Crippen molar-refractivity contribution in [1.29, 1.82) is 0 Å². The van der Waals surface area contributed by atoms with Crippen molar-refractivity contribution in [2.75, 3.05) is 11.9 Å². The van der Waals surface area contributed by atoms with E-state index >= 15 is 0 Å². The van der Waals surface area contributed by atoms with Crippen LogP contribution < -0.4 is 5.32 Å². The van der Waals surface area contributed by atoms with Crippen molar-refractivity contribution in [1.82, 2.24) is 20.2 Å². The summed E-state index contributed by atoms with van der Waals surface area (Å²) >= 11 is 1.46. The Morgan fingerprint density at radius 3 is 2.79 bits per heavy atom. The van der Waals surface area contributed by atoms with Crippen LogP contribution in [0.4, 0.5) is 5.00 Å². The number of esters is 1. The van der Waals surface area contributed by atoms with Gasteiger partial charge in [-0.1, -0.05) is 30.3 Å². The molecule has 2 aromatic heterocycles. The normalized spacial score (nSPS) is 13.0. The molecule has 4 rings (SSSR count). The minimum atomic E-state index is -0.382. The number of anilines is 1. The molecule has 1 N–H and O–H groups in total. The Balaban J connectivity index is 1.51. The molecule has 0 saturated carbocycles. The summed E-state index contributed by atoms with van der Waals surface area (Å²) in [5.41, 5.74) is 2.34. The van der Waals surface area contributed by atoms with Crippen molar-refractivity contribution in [3.8, 4) is 11.4 Å². The second-order valence-corrected chi connectivity index (χ2v) is 7.80. The highest BCUT2D eigenvalue weighted by Gasteiger charge is 2.27. The van der Waals surface area contributed by atoms with Crippen LogP contribution in [0.15, 0.2) is 30.3 Å². The molecule has 1 aliphatic carbocycles. The SMILES string of the molecule is CCOC(=O)c1c(NC(=O)Cn2nnc(-c3ccccc3)n2)sc2c1CCCC2. The number of benzene rings is 1. The lowest BCUT2D eigenvalue weighted by Gasteiger charge is -2.12. The van der Waals surface area contributed by atoms with Gasteiger partial charge in [-0.25, -0.2) is 4.79 Å². The van der Waals surface area contributed by atoms with Gasteiger partial charge in [-0.15, -0.1) is 21.5 Å². The molecule has 0 atom stereocenters. The van der Waals surface area contributed by atoms with E-state index in [9.17, 15) is 9.59 Å². The maximum Gasteiger partial charge on any atom is 0.341 e. The number of rotatable bonds is 6. The molecule has 9 heteroatoms. The number of thiophene rings is 1. The van der Waals surface area contributed by atoms with E-state index in [4.69, 9.17) is 4.74 Å². The second-order valence-electron chi connectivity index (χ2n) is 6.69. The molecule has 1 amide bonds. The number of hydrogen-bond acceptors (Lipinski definition) is 7. The first-order valence-electron chi connectivity index (χ1n) is 9.60. The summed E-state index contributed by atoms with van der Waals surface area (Å²) in [6, 6.07) is 9.44. The summed E-state index contributed by atoms with van der Waals surface area (Å²) in [6.45, 7) is 1.97. The third kappa shape index (κ3) is 4.19. The van der Waals surface area contributed by atoms with Gasteiger partial charge >= 0.3 is 5.97 Å². The van der Waals surface area contributed by atoms with Crippen LogP contribution in [-0.2, 0) is 28.9 Å². The standard InChI is InChI=1S/C20H21N5O3S/c1-2-28-20(27)17-14-10-6-7-11-15(14)29-19(17)21-16(26)12-25-23-18(22-24-25)13-8-4-3-5-9-13/h3-5,8-9H,2,6-7,10-12H2,1H3,(H,21,26). The molecule has 0 fully saturated rings. The number of ether oxygens (including phenoxy) is 1. The predicted molar refractivity (Wildman–Crippen MR) is 109 cm³/mol. The first-order chi connectivity index (χ1) is 14.2. The first-order valence-corrected chi connectivity index (χ1v) is 10.4. The van der Waals surface area contributed by atoms with Crippen LogP contribution in [0.3, 0.4) is 0 Å². The smallest absolute Gasteiger partial charge is 0.341 e. The van der Waals surface area contributed by atoms with Gasteiger partial charge in [-0.05, 0) is 43.4 Å². The molecule has 8 nitrogen and oxygen atoms in total. The molecular weight excluding hydrogens is 390 g/mol. The average molecular weight is 411 g/mol. The van der Waals surface area contributed by atoms with Crippen LogP contribution in [0.5, 0.6) is 0 Å². The number of aryl methyl sites for hydroxylation is 1. The van der Waals surface area contributed by atoms with Gasteiger partial charge in [0.15, 0.2) is 0 Å². The molecule has 0 bridgehead atoms. The largest absolute Gasteiger partial charge is 0.462 e. The van der Waals surface area contributed by atoms with Crippen molar-refractivity contribution in [3.05, 3.63) is 46.3 Å². The Morgan fingerprint density at radius 2 is 2.00 bits per heavy atom. The number of tetrazole rings is 1. The Kier molecular flexibility index (Phi) is 5.66. The van der Waals surface area contributed by atoms with Crippen molar-refractivity contribution < 1.29 is 14.3 Å². The van der Waals surface area contributed by atoms with Crippen LogP contribution in [-0.4, -0.2) is 38.7 Å². The molecule has 1 aromatic carbocycles. The number of carbonyl (C=O) groups excluding carboxylic acids is 2. The highest BCUT2D eigenvalue weighted by molar-refractivity contribution is 7.17. The molecular formula is C20H21N5O3S. The summed E-state index contributed by atoms with van der Waals surface area (Å²) < 4.78 is 5.22. The lowest BCUT2D eigenvalue weighted by molar-refractivity contribution is -0.117. The molecule has 3 aromatic rings. The molecule has 1 aliphatic rings. The zero-order valence-electron chi connectivity index (χ0n) is 16.1. The Morgan fingerprint density at radius 1 is 1.21 bits per heavy atom. The van der Waals surface area contributed by atoms with E-state index in [-0.39, 0.29) is 18.4 Å². The van der Waals surface area contributed by atoms with Crippen LogP contribution in [0.1, 0.15) is 40.6 Å². The number of amides is 1. The fourth-order valence-electron chi connectivity index (χ4n) is 3.38. The quantitative estimate of drug-likeness (QED) is 0.626. The van der Waals surface area contributed by atoms with Crippen LogP contribution >= 0.6 is 11.3 Å². The van der Waals surface area contributed by atoms with E-state index in [0.717, 1.165) is 41.7 Å². The van der Waals surface area contributed by atoms with Gasteiger partial charge in [0, 0.05) is 10.4 Å². The number of aromatic nitrogens is 4. The molecule has 150 valence electrons. The highest BCUT2D eigenvalue weighted by Crippen LogP contribution is 2.38. The molecule has 0 aliphatic heterocycles. The lowest BCUT2D eigenvalue weighted by Crippen LogP contribution is -2.21. The Bertz CT molecular complexity index is 1030. The summed E-state index contributed by atoms with van der Waals surface area (Å²) in [4.78, 5) is 27.5. The third-order valence-corrected chi connectivity index (χ3v) is 5.88. The summed E-state index contributed by atoms with van der Waals surface area (Å²) in [5, 5.41) is 15.6.